The van der Waals surface area contributed by atoms with Crippen LogP contribution in [0.3, 0.4) is 0 Å². The van der Waals surface area contributed by atoms with Crippen LogP contribution in [0.2, 0.25) is 0 Å². The highest BCUT2D eigenvalue weighted by Gasteiger charge is 2.22. The second-order valence-corrected chi connectivity index (χ2v) is 4.43. The largest absolute Gasteiger partial charge is 0.349 e. The van der Waals surface area contributed by atoms with E-state index in [4.69, 9.17) is 5.73 Å². The number of halogens is 1. The van der Waals surface area contributed by atoms with Crippen molar-refractivity contribution >= 4 is 5.91 Å². The summed E-state index contributed by atoms with van der Waals surface area (Å²) in [5.41, 5.74) is 5.59. The number of benzene rings is 1. The molecule has 0 heterocycles. The molecule has 0 saturated carbocycles. The van der Waals surface area contributed by atoms with Crippen LogP contribution < -0.4 is 11.1 Å². The molecule has 1 amide bonds. The quantitative estimate of drug-likeness (QED) is 0.819. The van der Waals surface area contributed by atoms with Gasteiger partial charge in [-0.1, -0.05) is 25.1 Å². The lowest BCUT2D eigenvalue weighted by atomic mass is 9.98. The van der Waals surface area contributed by atoms with Crippen LogP contribution in [0.1, 0.15) is 25.8 Å². The zero-order valence-corrected chi connectivity index (χ0v) is 10.3. The first-order valence-electron chi connectivity index (χ1n) is 5.75. The molecule has 3 N–H and O–H groups in total. The number of amides is 1. The Morgan fingerprint density at radius 1 is 1.47 bits per heavy atom. The summed E-state index contributed by atoms with van der Waals surface area (Å²) in [7, 11) is 0. The van der Waals surface area contributed by atoms with Crippen LogP contribution in [-0.4, -0.2) is 18.0 Å². The van der Waals surface area contributed by atoms with Gasteiger partial charge in [0.2, 0.25) is 5.91 Å². The molecule has 0 aliphatic rings. The number of rotatable bonds is 5. The Morgan fingerprint density at radius 2 is 2.12 bits per heavy atom. The first-order chi connectivity index (χ1) is 8.00. The molecule has 0 aliphatic carbocycles. The molecular formula is C13H19FN2O. The monoisotopic (exact) mass is 238 g/mol. The zero-order chi connectivity index (χ0) is 12.9. The SMILES string of the molecule is CCC(C)(CN)NC(=O)Cc1ccccc1F. The van der Waals surface area contributed by atoms with Gasteiger partial charge in [-0.25, -0.2) is 4.39 Å². The van der Waals surface area contributed by atoms with Crippen LogP contribution in [0, 0.1) is 5.82 Å². The van der Waals surface area contributed by atoms with Gasteiger partial charge in [0.1, 0.15) is 5.82 Å². The first-order valence-corrected chi connectivity index (χ1v) is 5.75. The molecule has 1 unspecified atom stereocenters. The number of nitrogens with one attached hydrogen (secondary N) is 1. The summed E-state index contributed by atoms with van der Waals surface area (Å²) in [6.07, 6.45) is 0.786. The molecule has 1 rings (SSSR count). The van der Waals surface area contributed by atoms with Crippen molar-refractivity contribution < 1.29 is 9.18 Å². The molecule has 0 fully saturated rings. The van der Waals surface area contributed by atoms with E-state index in [9.17, 15) is 9.18 Å². The predicted octanol–water partition coefficient (Wildman–Crippen LogP) is 1.61. The van der Waals surface area contributed by atoms with Gasteiger partial charge >= 0.3 is 0 Å². The molecule has 17 heavy (non-hydrogen) atoms. The van der Waals surface area contributed by atoms with Crippen molar-refractivity contribution in [2.24, 2.45) is 5.73 Å². The summed E-state index contributed by atoms with van der Waals surface area (Å²) >= 11 is 0. The highest BCUT2D eigenvalue weighted by Crippen LogP contribution is 2.10. The zero-order valence-electron chi connectivity index (χ0n) is 10.3. The highest BCUT2D eigenvalue weighted by atomic mass is 19.1. The molecule has 1 aromatic rings. The van der Waals surface area contributed by atoms with Crippen molar-refractivity contribution in [2.75, 3.05) is 6.54 Å². The van der Waals surface area contributed by atoms with Crippen molar-refractivity contribution in [3.63, 3.8) is 0 Å². The van der Waals surface area contributed by atoms with Crippen molar-refractivity contribution in [1.82, 2.24) is 5.32 Å². The average molecular weight is 238 g/mol. The van der Waals surface area contributed by atoms with Crippen LogP contribution in [-0.2, 0) is 11.2 Å². The van der Waals surface area contributed by atoms with Gasteiger partial charge in [0.25, 0.3) is 0 Å². The van der Waals surface area contributed by atoms with Crippen LogP contribution >= 0.6 is 0 Å². The predicted molar refractivity (Wildman–Crippen MR) is 66.0 cm³/mol. The maximum atomic E-state index is 13.3. The normalized spacial score (nSPS) is 14.1. The number of hydrogen-bond acceptors (Lipinski definition) is 2. The Hall–Kier alpha value is -1.42. The third-order valence-corrected chi connectivity index (χ3v) is 2.98. The maximum Gasteiger partial charge on any atom is 0.224 e. The number of carbonyl (C=O) groups excluding carboxylic acids is 1. The summed E-state index contributed by atoms with van der Waals surface area (Å²) in [5.74, 6) is -0.557. The van der Waals surface area contributed by atoms with E-state index in [0.717, 1.165) is 6.42 Å². The number of carbonyl (C=O) groups is 1. The van der Waals surface area contributed by atoms with Gasteiger partial charge in [0, 0.05) is 12.1 Å². The van der Waals surface area contributed by atoms with E-state index < -0.39 is 5.54 Å². The third-order valence-electron chi connectivity index (χ3n) is 2.98. The Bertz CT molecular complexity index is 389. The molecule has 94 valence electrons. The second-order valence-electron chi connectivity index (χ2n) is 4.43. The second kappa shape index (κ2) is 5.77. The van der Waals surface area contributed by atoms with E-state index in [1.54, 1.807) is 18.2 Å². The van der Waals surface area contributed by atoms with Gasteiger partial charge in [-0.15, -0.1) is 0 Å². The van der Waals surface area contributed by atoms with E-state index in [-0.39, 0.29) is 18.1 Å². The molecule has 0 bridgehead atoms. The number of hydrogen-bond donors (Lipinski definition) is 2. The van der Waals surface area contributed by atoms with Crippen molar-refractivity contribution in [2.45, 2.75) is 32.2 Å². The Balaban J connectivity index is 2.65. The van der Waals surface area contributed by atoms with Crippen LogP contribution in [0.25, 0.3) is 0 Å². The fraction of sp³-hybridized carbons (Fsp3) is 0.462. The molecule has 3 nitrogen and oxygen atoms in total. The molecule has 0 aromatic heterocycles. The molecule has 0 spiro atoms. The lowest BCUT2D eigenvalue weighted by Crippen LogP contribution is -2.51. The van der Waals surface area contributed by atoms with Gasteiger partial charge < -0.3 is 11.1 Å². The van der Waals surface area contributed by atoms with E-state index in [1.165, 1.54) is 6.07 Å². The average Bonchev–Trinajstić information content (AvgIpc) is 2.32. The smallest absolute Gasteiger partial charge is 0.224 e. The summed E-state index contributed by atoms with van der Waals surface area (Å²) in [5, 5.41) is 2.84. The van der Waals surface area contributed by atoms with E-state index >= 15 is 0 Å². The maximum absolute atomic E-state index is 13.3. The molecule has 0 saturated heterocycles. The van der Waals surface area contributed by atoms with Crippen molar-refractivity contribution in [3.05, 3.63) is 35.6 Å². The standard InChI is InChI=1S/C13H19FN2O/c1-3-13(2,9-15)16-12(17)8-10-6-4-5-7-11(10)14/h4-7H,3,8-9,15H2,1-2H3,(H,16,17). The lowest BCUT2D eigenvalue weighted by Gasteiger charge is -2.28. The topological polar surface area (TPSA) is 55.1 Å². The fourth-order valence-corrected chi connectivity index (χ4v) is 1.48. The van der Waals surface area contributed by atoms with Gasteiger partial charge in [-0.05, 0) is 25.0 Å². The fourth-order valence-electron chi connectivity index (χ4n) is 1.48. The van der Waals surface area contributed by atoms with Crippen LogP contribution in [0.4, 0.5) is 4.39 Å². The van der Waals surface area contributed by atoms with Crippen LogP contribution in [0.15, 0.2) is 24.3 Å². The molecule has 0 aliphatic heterocycles. The third kappa shape index (κ3) is 3.82. The summed E-state index contributed by atoms with van der Waals surface area (Å²) in [4.78, 5) is 11.8. The highest BCUT2D eigenvalue weighted by molar-refractivity contribution is 5.79. The number of nitrogens with two attached hydrogens (primary N) is 1. The van der Waals surface area contributed by atoms with E-state index in [0.29, 0.717) is 12.1 Å². The summed E-state index contributed by atoms with van der Waals surface area (Å²) in [6, 6.07) is 6.28. The van der Waals surface area contributed by atoms with Crippen molar-refractivity contribution in [3.8, 4) is 0 Å². The molecule has 1 aromatic carbocycles. The molecule has 1 atom stereocenters. The van der Waals surface area contributed by atoms with Gasteiger partial charge in [0.05, 0.1) is 6.42 Å². The minimum absolute atomic E-state index is 0.0439. The van der Waals surface area contributed by atoms with E-state index in [1.807, 2.05) is 13.8 Å². The summed E-state index contributed by atoms with van der Waals surface area (Å²) in [6.45, 7) is 4.20. The first kappa shape index (κ1) is 13.6. The van der Waals surface area contributed by atoms with Gasteiger partial charge in [0.15, 0.2) is 0 Å². The molecular weight excluding hydrogens is 219 g/mol. The Kier molecular flexibility index (Phi) is 4.63. The van der Waals surface area contributed by atoms with Crippen LogP contribution in [0.5, 0.6) is 0 Å². The van der Waals surface area contributed by atoms with Gasteiger partial charge in [-0.2, -0.15) is 0 Å². The Labute approximate surface area is 101 Å². The molecule has 0 radical (unpaired) electrons. The van der Waals surface area contributed by atoms with Gasteiger partial charge in [-0.3, -0.25) is 4.79 Å². The minimum atomic E-state index is -0.414. The van der Waals surface area contributed by atoms with Crippen molar-refractivity contribution in [1.29, 1.82) is 0 Å². The Morgan fingerprint density at radius 3 is 2.65 bits per heavy atom. The summed E-state index contributed by atoms with van der Waals surface area (Å²) < 4.78 is 13.3. The van der Waals surface area contributed by atoms with E-state index in [2.05, 4.69) is 5.32 Å². The minimum Gasteiger partial charge on any atom is -0.349 e. The lowest BCUT2D eigenvalue weighted by molar-refractivity contribution is -0.122. The molecule has 4 heteroatoms.